The van der Waals surface area contributed by atoms with Crippen LogP contribution in [-0.4, -0.2) is 38.6 Å². The van der Waals surface area contributed by atoms with Gasteiger partial charge in [-0.25, -0.2) is 14.8 Å². The van der Waals surface area contributed by atoms with Gasteiger partial charge in [0.05, 0.1) is 0 Å². The first-order chi connectivity index (χ1) is 12.7. The van der Waals surface area contributed by atoms with E-state index in [0.717, 1.165) is 42.1 Å². The predicted molar refractivity (Wildman–Crippen MR) is 102 cm³/mol. The Labute approximate surface area is 152 Å². The smallest absolute Gasteiger partial charge is 0.321 e. The van der Waals surface area contributed by atoms with Crippen molar-refractivity contribution in [2.24, 2.45) is 7.05 Å². The van der Waals surface area contributed by atoms with E-state index in [0.29, 0.717) is 6.54 Å². The number of nitrogens with one attached hydrogen (secondary N) is 1. The number of hydrogen-bond acceptors (Lipinski definition) is 3. The van der Waals surface area contributed by atoms with Crippen LogP contribution in [0, 0.1) is 0 Å². The molecule has 2 amide bonds. The molecule has 1 aliphatic heterocycles. The first-order valence-electron chi connectivity index (χ1n) is 9.08. The molecule has 0 bridgehead atoms. The Kier molecular flexibility index (Phi) is 4.32. The van der Waals surface area contributed by atoms with Crippen LogP contribution in [0.1, 0.15) is 30.7 Å². The van der Waals surface area contributed by atoms with Crippen molar-refractivity contribution in [1.82, 2.24) is 19.4 Å². The van der Waals surface area contributed by atoms with E-state index in [9.17, 15) is 4.79 Å². The molecule has 6 heteroatoms. The van der Waals surface area contributed by atoms with Gasteiger partial charge in [-0.2, -0.15) is 0 Å². The third-order valence-electron chi connectivity index (χ3n) is 5.12. The monoisotopic (exact) mass is 349 g/mol. The minimum absolute atomic E-state index is 0.0476. The highest BCUT2D eigenvalue weighted by Gasteiger charge is 2.30. The van der Waals surface area contributed by atoms with E-state index in [1.165, 1.54) is 5.56 Å². The molecule has 6 nitrogen and oxygen atoms in total. The van der Waals surface area contributed by atoms with Crippen LogP contribution in [0.2, 0.25) is 0 Å². The predicted octanol–water partition coefficient (Wildman–Crippen LogP) is 3.55. The van der Waals surface area contributed by atoms with Gasteiger partial charge in [-0.1, -0.05) is 19.1 Å². The van der Waals surface area contributed by atoms with Gasteiger partial charge in [0, 0.05) is 37.9 Å². The summed E-state index contributed by atoms with van der Waals surface area (Å²) in [6.07, 6.45) is 3.69. The van der Waals surface area contributed by atoms with Gasteiger partial charge in [0.2, 0.25) is 0 Å². The number of aryl methyl sites for hydroxylation is 2. The number of likely N-dealkylation sites (tertiary alicyclic amines) is 1. The molecule has 0 saturated carbocycles. The van der Waals surface area contributed by atoms with Gasteiger partial charge in [-0.05, 0) is 42.7 Å². The second kappa shape index (κ2) is 6.78. The molecule has 1 N–H and O–H groups in total. The van der Waals surface area contributed by atoms with Gasteiger partial charge in [0.25, 0.3) is 0 Å². The highest BCUT2D eigenvalue weighted by atomic mass is 16.2. The average molecular weight is 349 g/mol. The number of aromatic nitrogens is 3. The van der Waals surface area contributed by atoms with Crippen LogP contribution in [0.5, 0.6) is 0 Å². The van der Waals surface area contributed by atoms with E-state index in [-0.39, 0.29) is 11.9 Å². The molecule has 1 fully saturated rings. The van der Waals surface area contributed by atoms with E-state index in [2.05, 4.69) is 29.4 Å². The van der Waals surface area contributed by atoms with Crippen molar-refractivity contribution >= 4 is 22.9 Å². The summed E-state index contributed by atoms with van der Waals surface area (Å²) in [7, 11) is 2.00. The van der Waals surface area contributed by atoms with E-state index in [1.54, 1.807) is 6.20 Å². The van der Waals surface area contributed by atoms with E-state index in [4.69, 9.17) is 4.98 Å². The van der Waals surface area contributed by atoms with Crippen molar-refractivity contribution in [2.45, 2.75) is 25.7 Å². The maximum absolute atomic E-state index is 12.6. The summed E-state index contributed by atoms with van der Waals surface area (Å²) < 4.78 is 2.05. The van der Waals surface area contributed by atoms with Crippen LogP contribution in [0.25, 0.3) is 11.2 Å². The van der Waals surface area contributed by atoms with E-state index in [1.807, 2.05) is 40.8 Å². The van der Waals surface area contributed by atoms with E-state index >= 15 is 0 Å². The molecule has 1 atom stereocenters. The molecular weight excluding hydrogens is 326 g/mol. The van der Waals surface area contributed by atoms with Crippen LogP contribution in [0.4, 0.5) is 10.5 Å². The Morgan fingerprint density at radius 3 is 2.81 bits per heavy atom. The molecule has 1 aromatic carbocycles. The Bertz CT molecular complexity index is 931. The zero-order chi connectivity index (χ0) is 18.1. The van der Waals surface area contributed by atoms with Crippen LogP contribution in [0.3, 0.4) is 0 Å². The summed E-state index contributed by atoms with van der Waals surface area (Å²) in [5, 5.41) is 3.00. The topological polar surface area (TPSA) is 63.1 Å². The number of anilines is 1. The number of amides is 2. The second-order valence-electron chi connectivity index (χ2n) is 6.79. The SMILES string of the molecule is CCc1ccc(NC(=O)N2CC[C@H](c3nc4cccnc4n3C)C2)cc1. The summed E-state index contributed by atoms with van der Waals surface area (Å²) in [5.74, 6) is 1.24. The van der Waals surface area contributed by atoms with Gasteiger partial charge in [0.1, 0.15) is 11.3 Å². The molecule has 26 heavy (non-hydrogen) atoms. The molecule has 4 rings (SSSR count). The highest BCUT2D eigenvalue weighted by molar-refractivity contribution is 5.89. The van der Waals surface area contributed by atoms with Gasteiger partial charge >= 0.3 is 6.03 Å². The van der Waals surface area contributed by atoms with E-state index < -0.39 is 0 Å². The standard InChI is InChI=1S/C20H23N5O/c1-3-14-6-8-16(9-7-14)22-20(26)25-12-10-15(13-25)18-23-17-5-4-11-21-19(17)24(18)2/h4-9,11,15H,3,10,12-13H2,1-2H3,(H,22,26)/t15-/m0/s1. The van der Waals surface area contributed by atoms with Crippen molar-refractivity contribution < 1.29 is 4.79 Å². The number of imidazole rings is 1. The van der Waals surface area contributed by atoms with Crippen molar-refractivity contribution in [3.8, 4) is 0 Å². The maximum Gasteiger partial charge on any atom is 0.321 e. The Morgan fingerprint density at radius 1 is 1.27 bits per heavy atom. The third kappa shape index (κ3) is 3.03. The van der Waals surface area contributed by atoms with Gasteiger partial charge in [0.15, 0.2) is 5.65 Å². The molecule has 134 valence electrons. The summed E-state index contributed by atoms with van der Waals surface area (Å²) in [5.41, 5.74) is 3.90. The fraction of sp³-hybridized carbons (Fsp3) is 0.350. The number of hydrogen-bond donors (Lipinski definition) is 1. The molecule has 0 unspecified atom stereocenters. The number of nitrogens with zero attached hydrogens (tertiary/aromatic N) is 4. The number of rotatable bonds is 3. The summed E-state index contributed by atoms with van der Waals surface area (Å²) >= 11 is 0. The highest BCUT2D eigenvalue weighted by Crippen LogP contribution is 2.28. The quantitative estimate of drug-likeness (QED) is 0.786. The molecule has 0 aliphatic carbocycles. The lowest BCUT2D eigenvalue weighted by atomic mass is 10.1. The minimum atomic E-state index is -0.0476. The van der Waals surface area contributed by atoms with Crippen LogP contribution < -0.4 is 5.32 Å². The molecule has 3 aromatic rings. The second-order valence-corrected chi connectivity index (χ2v) is 6.79. The number of benzene rings is 1. The zero-order valence-electron chi connectivity index (χ0n) is 15.1. The molecule has 3 heterocycles. The Hall–Kier alpha value is -2.89. The lowest BCUT2D eigenvalue weighted by Crippen LogP contribution is -2.33. The fourth-order valence-electron chi connectivity index (χ4n) is 3.59. The molecule has 0 spiro atoms. The minimum Gasteiger partial charge on any atom is -0.324 e. The van der Waals surface area contributed by atoms with Crippen LogP contribution >= 0.6 is 0 Å². The lowest BCUT2D eigenvalue weighted by molar-refractivity contribution is 0.222. The first-order valence-corrected chi connectivity index (χ1v) is 9.08. The van der Waals surface area contributed by atoms with Gasteiger partial charge < -0.3 is 14.8 Å². The lowest BCUT2D eigenvalue weighted by Gasteiger charge is -2.17. The van der Waals surface area contributed by atoms with Gasteiger partial charge in [-0.15, -0.1) is 0 Å². The summed E-state index contributed by atoms with van der Waals surface area (Å²) in [6.45, 7) is 3.53. The fourth-order valence-corrected chi connectivity index (χ4v) is 3.59. The molecule has 1 aliphatic rings. The first kappa shape index (κ1) is 16.6. The summed E-state index contributed by atoms with van der Waals surface area (Å²) in [6, 6.07) is 11.9. The number of carbonyl (C=O) groups is 1. The third-order valence-corrected chi connectivity index (χ3v) is 5.12. The summed E-state index contributed by atoms with van der Waals surface area (Å²) in [4.78, 5) is 23.6. The maximum atomic E-state index is 12.6. The molecule has 1 saturated heterocycles. The van der Waals surface area contributed by atoms with Crippen molar-refractivity contribution in [3.05, 3.63) is 54.0 Å². The molecule has 0 radical (unpaired) electrons. The number of carbonyl (C=O) groups excluding carboxylic acids is 1. The van der Waals surface area contributed by atoms with Crippen LogP contribution in [-0.2, 0) is 13.5 Å². The number of fused-ring (bicyclic) bond motifs is 1. The van der Waals surface area contributed by atoms with Crippen molar-refractivity contribution in [2.75, 3.05) is 18.4 Å². The number of urea groups is 1. The molecule has 2 aromatic heterocycles. The Balaban J connectivity index is 1.45. The van der Waals surface area contributed by atoms with Gasteiger partial charge in [-0.3, -0.25) is 0 Å². The number of pyridine rings is 1. The average Bonchev–Trinajstić information content (AvgIpc) is 3.28. The zero-order valence-corrected chi connectivity index (χ0v) is 15.1. The normalized spacial score (nSPS) is 17.0. The largest absolute Gasteiger partial charge is 0.324 e. The van der Waals surface area contributed by atoms with Crippen molar-refractivity contribution in [3.63, 3.8) is 0 Å². The van der Waals surface area contributed by atoms with Crippen molar-refractivity contribution in [1.29, 1.82) is 0 Å². The Morgan fingerprint density at radius 2 is 2.08 bits per heavy atom. The van der Waals surface area contributed by atoms with Crippen LogP contribution in [0.15, 0.2) is 42.6 Å². The molecular formula is C20H23N5O.